The van der Waals surface area contributed by atoms with E-state index in [1.807, 2.05) is 31.0 Å². The number of aromatic nitrogens is 3. The number of hydrogen-bond acceptors (Lipinski definition) is 8. The highest BCUT2D eigenvalue weighted by Crippen LogP contribution is 2.41. The molecule has 204 valence electrons. The van der Waals surface area contributed by atoms with Crippen LogP contribution >= 0.6 is 0 Å². The fraction of sp³-hybridized carbons (Fsp3) is 0.500. The van der Waals surface area contributed by atoms with Crippen LogP contribution in [0.5, 0.6) is 5.88 Å². The number of pyridine rings is 3. The number of likely N-dealkylation sites (tertiary alicyclic amines) is 1. The molecule has 0 spiro atoms. The lowest BCUT2D eigenvalue weighted by Gasteiger charge is -2.39. The number of carbonyl (C=O) groups excluding carboxylic acids is 2. The third-order valence-corrected chi connectivity index (χ3v) is 8.24. The van der Waals surface area contributed by atoms with E-state index in [-0.39, 0.29) is 41.3 Å². The zero-order valence-corrected chi connectivity index (χ0v) is 23.3. The van der Waals surface area contributed by atoms with Crippen LogP contribution < -0.4 is 10.1 Å². The monoisotopic (exact) mass is 529 g/mol. The van der Waals surface area contributed by atoms with E-state index in [1.165, 1.54) is 0 Å². The molecule has 1 aliphatic carbocycles. The first-order valence-electron chi connectivity index (χ1n) is 13.7. The fourth-order valence-corrected chi connectivity index (χ4v) is 5.37. The normalized spacial score (nSPS) is 24.6. The molecule has 4 atom stereocenters. The van der Waals surface area contributed by atoms with Gasteiger partial charge in [0.1, 0.15) is 23.8 Å². The van der Waals surface area contributed by atoms with Gasteiger partial charge < -0.3 is 19.7 Å². The Hall–Kier alpha value is -3.75. The van der Waals surface area contributed by atoms with Gasteiger partial charge in [0.05, 0.1) is 29.7 Å². The van der Waals surface area contributed by atoms with Gasteiger partial charge in [-0.2, -0.15) is 0 Å². The first kappa shape index (κ1) is 25.5. The Bertz CT molecular complexity index is 1480. The summed E-state index contributed by atoms with van der Waals surface area (Å²) >= 11 is 0. The van der Waals surface area contributed by atoms with Gasteiger partial charge in [-0.3, -0.25) is 4.79 Å². The summed E-state index contributed by atoms with van der Waals surface area (Å²) in [7, 11) is 0. The Kier molecular flexibility index (Phi) is 6.00. The number of ether oxygens (including phenoxy) is 2. The summed E-state index contributed by atoms with van der Waals surface area (Å²) in [5.41, 5.74) is 2.15. The van der Waals surface area contributed by atoms with Crippen LogP contribution in [0.25, 0.3) is 10.8 Å². The van der Waals surface area contributed by atoms with Crippen molar-refractivity contribution in [2.45, 2.75) is 71.5 Å². The molecule has 0 radical (unpaired) electrons. The van der Waals surface area contributed by atoms with Gasteiger partial charge in [0, 0.05) is 24.2 Å². The summed E-state index contributed by atoms with van der Waals surface area (Å²) in [6.45, 7) is 13.6. The van der Waals surface area contributed by atoms with Crippen LogP contribution in [-0.2, 0) is 14.9 Å². The van der Waals surface area contributed by atoms with Crippen molar-refractivity contribution in [2.75, 3.05) is 18.4 Å². The van der Waals surface area contributed by atoms with Gasteiger partial charge in [0.2, 0.25) is 11.8 Å². The predicted molar refractivity (Wildman–Crippen MR) is 147 cm³/mol. The van der Waals surface area contributed by atoms with Gasteiger partial charge in [-0.05, 0) is 53.8 Å². The zero-order valence-electron chi connectivity index (χ0n) is 23.3. The second kappa shape index (κ2) is 9.17. The number of fused-ring (bicyclic) bond motifs is 2. The van der Waals surface area contributed by atoms with Crippen molar-refractivity contribution in [3.63, 3.8) is 0 Å². The molecule has 1 N–H and O–H groups in total. The van der Waals surface area contributed by atoms with E-state index in [0.29, 0.717) is 42.1 Å². The quantitative estimate of drug-likeness (QED) is 0.462. The van der Waals surface area contributed by atoms with Crippen LogP contribution in [-0.4, -0.2) is 57.0 Å². The van der Waals surface area contributed by atoms with E-state index in [2.05, 4.69) is 43.0 Å². The highest BCUT2D eigenvalue weighted by molar-refractivity contribution is 5.93. The molecule has 3 aromatic heterocycles. The minimum absolute atomic E-state index is 0.00677. The summed E-state index contributed by atoms with van der Waals surface area (Å²) in [6.07, 6.45) is 4.34. The number of rotatable bonds is 5. The van der Waals surface area contributed by atoms with Gasteiger partial charge in [-0.15, -0.1) is 0 Å². The van der Waals surface area contributed by atoms with Gasteiger partial charge in [0.25, 0.3) is 0 Å². The standard InChI is InChI=1S/C30H35N5O4/c1-15-9-20(15)28(36)35-13-18(14-35)39-27-22-11-31-25(10-21(22)23(12-32-27)30(4,5)6)33-24-8-7-19-26(34-24)16(2)17(3)38-29(19)37/h7-8,10-12,15-18,20H,9,13-14H2,1-6H3,(H,31,33,34)/t15-,16+,17+,20-/m1/s1. The number of esters is 1. The molecule has 0 aromatic carbocycles. The number of cyclic esters (lactones) is 1. The zero-order chi connectivity index (χ0) is 27.6. The molecule has 39 heavy (non-hydrogen) atoms. The lowest BCUT2D eigenvalue weighted by atomic mass is 9.85. The van der Waals surface area contributed by atoms with Crippen molar-refractivity contribution in [3.05, 3.63) is 47.4 Å². The van der Waals surface area contributed by atoms with Gasteiger partial charge in [0.15, 0.2) is 0 Å². The molecule has 6 rings (SSSR count). The molecule has 5 heterocycles. The highest BCUT2D eigenvalue weighted by atomic mass is 16.5. The van der Waals surface area contributed by atoms with Crippen molar-refractivity contribution >= 4 is 34.3 Å². The number of anilines is 2. The van der Waals surface area contributed by atoms with Crippen molar-refractivity contribution in [1.82, 2.24) is 19.9 Å². The molecule has 1 amide bonds. The Labute approximate surface area is 228 Å². The topological polar surface area (TPSA) is 107 Å². The molecule has 9 heteroatoms. The maximum Gasteiger partial charge on any atom is 0.340 e. The summed E-state index contributed by atoms with van der Waals surface area (Å²) in [6, 6.07) is 5.52. The largest absolute Gasteiger partial charge is 0.470 e. The molecule has 3 aromatic rings. The second-order valence-electron chi connectivity index (χ2n) is 12.3. The molecule has 0 unspecified atom stereocenters. The van der Waals surface area contributed by atoms with Crippen LogP contribution in [0.1, 0.15) is 75.5 Å². The minimum atomic E-state index is -0.339. The van der Waals surface area contributed by atoms with E-state index in [9.17, 15) is 9.59 Å². The summed E-state index contributed by atoms with van der Waals surface area (Å²) < 4.78 is 11.7. The number of hydrogen-bond donors (Lipinski definition) is 1. The predicted octanol–water partition coefficient (Wildman–Crippen LogP) is 4.97. The van der Waals surface area contributed by atoms with E-state index >= 15 is 0 Å². The summed E-state index contributed by atoms with van der Waals surface area (Å²) in [4.78, 5) is 40.7. The van der Waals surface area contributed by atoms with Crippen LogP contribution in [0, 0.1) is 11.8 Å². The summed E-state index contributed by atoms with van der Waals surface area (Å²) in [5.74, 6) is 2.37. The molecule has 1 saturated heterocycles. The van der Waals surface area contributed by atoms with Crippen LogP contribution in [0.4, 0.5) is 11.6 Å². The van der Waals surface area contributed by atoms with Crippen molar-refractivity contribution < 1.29 is 19.1 Å². The Balaban J connectivity index is 1.26. The lowest BCUT2D eigenvalue weighted by molar-refractivity contribution is -0.141. The van der Waals surface area contributed by atoms with Crippen molar-refractivity contribution in [2.24, 2.45) is 11.8 Å². The minimum Gasteiger partial charge on any atom is -0.470 e. The number of nitrogens with zero attached hydrogens (tertiary/aromatic N) is 4. The maximum atomic E-state index is 12.5. The lowest BCUT2D eigenvalue weighted by Crippen LogP contribution is -2.56. The smallest absolute Gasteiger partial charge is 0.340 e. The molecular weight excluding hydrogens is 494 g/mol. The van der Waals surface area contributed by atoms with Gasteiger partial charge in [-0.1, -0.05) is 34.6 Å². The fourth-order valence-electron chi connectivity index (χ4n) is 5.37. The third kappa shape index (κ3) is 4.68. The summed E-state index contributed by atoms with van der Waals surface area (Å²) in [5, 5.41) is 5.14. The number of carbonyl (C=O) groups is 2. The Morgan fingerprint density at radius 1 is 1.08 bits per heavy atom. The highest BCUT2D eigenvalue weighted by Gasteiger charge is 2.45. The molecule has 2 aliphatic heterocycles. The van der Waals surface area contributed by atoms with E-state index in [0.717, 1.165) is 28.5 Å². The average molecular weight is 530 g/mol. The van der Waals surface area contributed by atoms with Crippen LogP contribution in [0.15, 0.2) is 30.6 Å². The second-order valence-corrected chi connectivity index (χ2v) is 12.3. The maximum absolute atomic E-state index is 12.5. The first-order valence-corrected chi connectivity index (χ1v) is 13.7. The first-order chi connectivity index (χ1) is 18.5. The molecule has 3 aliphatic rings. The average Bonchev–Trinajstić information content (AvgIpc) is 3.59. The Morgan fingerprint density at radius 2 is 1.82 bits per heavy atom. The van der Waals surface area contributed by atoms with E-state index < -0.39 is 0 Å². The van der Waals surface area contributed by atoms with Crippen molar-refractivity contribution in [1.29, 1.82) is 0 Å². The molecule has 1 saturated carbocycles. The van der Waals surface area contributed by atoms with Gasteiger partial charge in [-0.25, -0.2) is 19.7 Å². The van der Waals surface area contributed by atoms with E-state index in [1.54, 1.807) is 18.3 Å². The van der Waals surface area contributed by atoms with E-state index in [4.69, 9.17) is 14.5 Å². The number of amides is 1. The SMILES string of the molecule is C[C@@H]1C[C@H]1C(=O)N1CC(Oc2ncc(C(C)(C)C)c3cc(Nc4ccc5c(n4)[C@@H](C)[C@H](C)OC5=O)ncc23)C1. The van der Waals surface area contributed by atoms with Crippen LogP contribution in [0.2, 0.25) is 0 Å². The number of nitrogens with one attached hydrogen (secondary N) is 1. The molecular formula is C30H35N5O4. The Morgan fingerprint density at radius 3 is 2.51 bits per heavy atom. The van der Waals surface area contributed by atoms with Gasteiger partial charge >= 0.3 is 5.97 Å². The molecule has 9 nitrogen and oxygen atoms in total. The third-order valence-electron chi connectivity index (χ3n) is 8.24. The molecule has 2 fully saturated rings. The van der Waals surface area contributed by atoms with Crippen LogP contribution in [0.3, 0.4) is 0 Å². The van der Waals surface area contributed by atoms with Crippen molar-refractivity contribution in [3.8, 4) is 5.88 Å². The molecule has 0 bridgehead atoms.